The fourth-order valence-corrected chi connectivity index (χ4v) is 1.85. The molecule has 2 amide bonds. The van der Waals surface area contributed by atoms with Crippen molar-refractivity contribution in [2.75, 3.05) is 5.32 Å². The van der Waals surface area contributed by atoms with Crippen LogP contribution in [0.3, 0.4) is 0 Å². The Morgan fingerprint density at radius 2 is 2.05 bits per heavy atom. The third-order valence-electron chi connectivity index (χ3n) is 3.20. The second kappa shape index (κ2) is 6.84. The minimum absolute atomic E-state index is 0.107. The number of carbonyl (C=O) groups is 3. The molecule has 1 aliphatic rings. The van der Waals surface area contributed by atoms with Crippen LogP contribution in [0.15, 0.2) is 29.4 Å². The molecule has 1 atom stereocenters. The van der Waals surface area contributed by atoms with E-state index in [2.05, 4.69) is 15.8 Å². The van der Waals surface area contributed by atoms with Crippen molar-refractivity contribution in [3.63, 3.8) is 0 Å². The summed E-state index contributed by atoms with van der Waals surface area (Å²) in [5, 5.41) is 6.33. The van der Waals surface area contributed by atoms with Crippen molar-refractivity contribution in [2.45, 2.75) is 32.8 Å². The SMILES string of the molecule is Cc1ccccc1NC(=O)[C@H](C)OC(=O)C1=NNC(=O)CC1. The Bertz CT molecular complexity index is 639. The van der Waals surface area contributed by atoms with E-state index < -0.39 is 18.0 Å². The van der Waals surface area contributed by atoms with Gasteiger partial charge in [0.25, 0.3) is 5.91 Å². The van der Waals surface area contributed by atoms with E-state index in [-0.39, 0.29) is 24.5 Å². The van der Waals surface area contributed by atoms with Crippen LogP contribution in [0.25, 0.3) is 0 Å². The third kappa shape index (κ3) is 3.91. The molecule has 1 heterocycles. The highest BCUT2D eigenvalue weighted by Gasteiger charge is 2.24. The summed E-state index contributed by atoms with van der Waals surface area (Å²) in [5.74, 6) is -1.38. The number of rotatable bonds is 4. The van der Waals surface area contributed by atoms with Crippen molar-refractivity contribution >= 4 is 29.2 Å². The summed E-state index contributed by atoms with van der Waals surface area (Å²) in [6.45, 7) is 3.35. The molecule has 1 aliphatic heterocycles. The Kier molecular flexibility index (Phi) is 4.88. The number of anilines is 1. The second-order valence-corrected chi connectivity index (χ2v) is 4.95. The fourth-order valence-electron chi connectivity index (χ4n) is 1.85. The van der Waals surface area contributed by atoms with Crippen LogP contribution in [0, 0.1) is 6.92 Å². The average Bonchev–Trinajstić information content (AvgIpc) is 2.50. The highest BCUT2D eigenvalue weighted by molar-refractivity contribution is 6.37. The zero-order valence-corrected chi connectivity index (χ0v) is 12.4. The minimum Gasteiger partial charge on any atom is -0.448 e. The molecule has 0 unspecified atom stereocenters. The van der Waals surface area contributed by atoms with Gasteiger partial charge in [0, 0.05) is 18.5 Å². The molecule has 0 bridgehead atoms. The first-order valence-electron chi connectivity index (χ1n) is 6.90. The molecule has 22 heavy (non-hydrogen) atoms. The van der Waals surface area contributed by atoms with Crippen molar-refractivity contribution in [3.05, 3.63) is 29.8 Å². The molecule has 0 aliphatic carbocycles. The molecule has 0 radical (unpaired) electrons. The van der Waals surface area contributed by atoms with Gasteiger partial charge in [-0.2, -0.15) is 5.10 Å². The summed E-state index contributed by atoms with van der Waals surface area (Å²) < 4.78 is 5.07. The maximum absolute atomic E-state index is 12.0. The van der Waals surface area contributed by atoms with Gasteiger partial charge in [-0.05, 0) is 25.5 Å². The molecule has 7 nitrogen and oxygen atoms in total. The number of amides is 2. The molecule has 0 fully saturated rings. The predicted molar refractivity (Wildman–Crippen MR) is 80.2 cm³/mol. The van der Waals surface area contributed by atoms with E-state index in [1.54, 1.807) is 12.1 Å². The monoisotopic (exact) mass is 303 g/mol. The molecule has 0 spiro atoms. The van der Waals surface area contributed by atoms with Crippen LogP contribution in [0.1, 0.15) is 25.3 Å². The number of para-hydroxylation sites is 1. The largest absolute Gasteiger partial charge is 0.448 e. The van der Waals surface area contributed by atoms with Gasteiger partial charge in [0.2, 0.25) is 5.91 Å². The van der Waals surface area contributed by atoms with Gasteiger partial charge in [0.1, 0.15) is 5.71 Å². The summed E-state index contributed by atoms with van der Waals surface area (Å²) in [4.78, 5) is 34.9. The molecule has 7 heteroatoms. The number of benzene rings is 1. The van der Waals surface area contributed by atoms with Crippen LogP contribution in [0.4, 0.5) is 5.69 Å². The maximum Gasteiger partial charge on any atom is 0.355 e. The molecule has 116 valence electrons. The Morgan fingerprint density at radius 1 is 1.32 bits per heavy atom. The molecule has 0 saturated heterocycles. The Morgan fingerprint density at radius 3 is 2.68 bits per heavy atom. The zero-order valence-electron chi connectivity index (χ0n) is 12.4. The van der Waals surface area contributed by atoms with E-state index in [1.165, 1.54) is 6.92 Å². The van der Waals surface area contributed by atoms with Gasteiger partial charge in [0.05, 0.1) is 0 Å². The van der Waals surface area contributed by atoms with Crippen LogP contribution in [0.5, 0.6) is 0 Å². The topological polar surface area (TPSA) is 96.9 Å². The van der Waals surface area contributed by atoms with Gasteiger partial charge < -0.3 is 10.1 Å². The van der Waals surface area contributed by atoms with Crippen LogP contribution in [0.2, 0.25) is 0 Å². The molecule has 1 aromatic rings. The number of aryl methyl sites for hydroxylation is 1. The van der Waals surface area contributed by atoms with Crippen molar-refractivity contribution in [1.82, 2.24) is 5.43 Å². The van der Waals surface area contributed by atoms with Gasteiger partial charge in [-0.3, -0.25) is 9.59 Å². The van der Waals surface area contributed by atoms with Gasteiger partial charge in [-0.1, -0.05) is 18.2 Å². The first kappa shape index (κ1) is 15.7. The number of hydrazone groups is 1. The van der Waals surface area contributed by atoms with E-state index in [1.807, 2.05) is 19.1 Å². The summed E-state index contributed by atoms with van der Waals surface area (Å²) >= 11 is 0. The predicted octanol–water partition coefficient (Wildman–Crippen LogP) is 1.13. The Labute approximate surface area is 127 Å². The second-order valence-electron chi connectivity index (χ2n) is 4.95. The van der Waals surface area contributed by atoms with Crippen LogP contribution >= 0.6 is 0 Å². The highest BCUT2D eigenvalue weighted by Crippen LogP contribution is 2.14. The van der Waals surface area contributed by atoms with Gasteiger partial charge >= 0.3 is 5.97 Å². The third-order valence-corrected chi connectivity index (χ3v) is 3.20. The van der Waals surface area contributed by atoms with Gasteiger partial charge in [-0.15, -0.1) is 0 Å². The smallest absolute Gasteiger partial charge is 0.355 e. The first-order chi connectivity index (χ1) is 10.5. The van der Waals surface area contributed by atoms with Gasteiger partial charge in [-0.25, -0.2) is 10.2 Å². The molecular formula is C15H17N3O4. The van der Waals surface area contributed by atoms with Crippen molar-refractivity contribution in [3.8, 4) is 0 Å². The number of hydrogen-bond donors (Lipinski definition) is 2. The molecule has 2 rings (SSSR count). The van der Waals surface area contributed by atoms with Crippen molar-refractivity contribution in [1.29, 1.82) is 0 Å². The van der Waals surface area contributed by atoms with E-state index in [9.17, 15) is 14.4 Å². The minimum atomic E-state index is -0.965. The zero-order chi connectivity index (χ0) is 16.1. The summed E-state index contributed by atoms with van der Waals surface area (Å²) in [7, 11) is 0. The lowest BCUT2D eigenvalue weighted by atomic mass is 10.2. The van der Waals surface area contributed by atoms with E-state index >= 15 is 0 Å². The lowest BCUT2D eigenvalue weighted by Crippen LogP contribution is -2.35. The quantitative estimate of drug-likeness (QED) is 0.815. The fraction of sp³-hybridized carbons (Fsp3) is 0.333. The summed E-state index contributed by atoms with van der Waals surface area (Å²) in [6.07, 6.45) is -0.582. The van der Waals surface area contributed by atoms with Crippen LogP contribution < -0.4 is 10.7 Å². The average molecular weight is 303 g/mol. The number of nitrogens with zero attached hydrogens (tertiary/aromatic N) is 1. The van der Waals surface area contributed by atoms with Crippen LogP contribution in [-0.2, 0) is 19.1 Å². The molecule has 0 saturated carbocycles. The number of carbonyl (C=O) groups excluding carboxylic acids is 3. The number of nitrogens with one attached hydrogen (secondary N) is 2. The van der Waals surface area contributed by atoms with E-state index in [0.29, 0.717) is 5.69 Å². The number of hydrogen-bond acceptors (Lipinski definition) is 5. The highest BCUT2D eigenvalue weighted by atomic mass is 16.5. The normalized spacial score (nSPS) is 15.4. The molecule has 1 aromatic carbocycles. The standard InChI is InChI=1S/C15H17N3O4/c1-9-5-3-4-6-11(9)16-14(20)10(2)22-15(21)12-7-8-13(19)18-17-12/h3-6,10H,7-8H2,1-2H3,(H,16,20)(H,18,19)/t10-/m0/s1. The lowest BCUT2D eigenvalue weighted by Gasteiger charge is -2.16. The summed E-state index contributed by atoms with van der Waals surface area (Å²) in [6, 6.07) is 7.30. The Balaban J connectivity index is 1.93. The lowest BCUT2D eigenvalue weighted by molar-refractivity contribution is -0.146. The maximum atomic E-state index is 12.0. The molecule has 2 N–H and O–H groups in total. The van der Waals surface area contributed by atoms with E-state index in [0.717, 1.165) is 5.56 Å². The van der Waals surface area contributed by atoms with Gasteiger partial charge in [0.15, 0.2) is 6.10 Å². The van der Waals surface area contributed by atoms with Crippen LogP contribution in [-0.4, -0.2) is 29.6 Å². The first-order valence-corrected chi connectivity index (χ1v) is 6.90. The van der Waals surface area contributed by atoms with Crippen molar-refractivity contribution in [2.24, 2.45) is 5.10 Å². The van der Waals surface area contributed by atoms with E-state index in [4.69, 9.17) is 4.74 Å². The molecular weight excluding hydrogens is 286 g/mol. The Hall–Kier alpha value is -2.70. The summed E-state index contributed by atoms with van der Waals surface area (Å²) in [5.41, 5.74) is 3.89. The van der Waals surface area contributed by atoms with Crippen molar-refractivity contribution < 1.29 is 19.1 Å². The number of esters is 1. The molecule has 0 aromatic heterocycles. The number of ether oxygens (including phenoxy) is 1.